The van der Waals surface area contributed by atoms with Crippen LogP contribution in [0, 0.1) is 10.1 Å². The fourth-order valence-electron chi connectivity index (χ4n) is 1.39. The Balaban J connectivity index is 2.95. The fourth-order valence-corrected chi connectivity index (χ4v) is 1.39. The topological polar surface area (TPSA) is 107 Å². The lowest BCUT2D eigenvalue weighted by molar-refractivity contribution is -0.385. The molecule has 98 valence electrons. The predicted octanol–water partition coefficient (Wildman–Crippen LogP) is 0.916. The Kier molecular flexibility index (Phi) is 5.06. The first-order valence-corrected chi connectivity index (χ1v) is 5.48. The Labute approximate surface area is 104 Å². The van der Waals surface area contributed by atoms with Crippen molar-refractivity contribution in [1.29, 1.82) is 0 Å². The second kappa shape index (κ2) is 6.55. The maximum Gasteiger partial charge on any atom is 0.311 e. The standard InChI is InChI=1S/C11H15N3O4/c1-2-5-18-10-4-3-8(7-11(15)13-12)6-9(10)14(16)17/h3-4,6H,2,5,7,12H2,1H3,(H,13,15). The predicted molar refractivity (Wildman–Crippen MR) is 64.9 cm³/mol. The largest absolute Gasteiger partial charge is 0.487 e. The first-order valence-electron chi connectivity index (χ1n) is 5.48. The van der Waals surface area contributed by atoms with Gasteiger partial charge in [0.1, 0.15) is 0 Å². The van der Waals surface area contributed by atoms with E-state index in [1.807, 2.05) is 12.3 Å². The molecule has 0 unspecified atom stereocenters. The number of nitrogens with two attached hydrogens (primary N) is 1. The molecular formula is C11H15N3O4. The lowest BCUT2D eigenvalue weighted by Crippen LogP contribution is -2.31. The van der Waals surface area contributed by atoms with Gasteiger partial charge in [0.15, 0.2) is 5.75 Å². The fraction of sp³-hybridized carbons (Fsp3) is 0.364. The highest BCUT2D eigenvalue weighted by Gasteiger charge is 2.16. The summed E-state index contributed by atoms with van der Waals surface area (Å²) in [6.45, 7) is 2.31. The van der Waals surface area contributed by atoms with Gasteiger partial charge in [0, 0.05) is 6.07 Å². The SMILES string of the molecule is CCCOc1ccc(CC(=O)NN)cc1[N+](=O)[O-]. The molecular weight excluding hydrogens is 238 g/mol. The number of rotatable bonds is 6. The van der Waals surface area contributed by atoms with Crippen LogP contribution in [0.2, 0.25) is 0 Å². The molecule has 3 N–H and O–H groups in total. The van der Waals surface area contributed by atoms with Crippen molar-refractivity contribution in [2.24, 2.45) is 5.84 Å². The Morgan fingerprint density at radius 3 is 2.83 bits per heavy atom. The number of hydrogen-bond donors (Lipinski definition) is 2. The summed E-state index contributed by atoms with van der Waals surface area (Å²) >= 11 is 0. The molecule has 1 aromatic carbocycles. The van der Waals surface area contributed by atoms with Gasteiger partial charge in [-0.3, -0.25) is 20.3 Å². The maximum absolute atomic E-state index is 11.1. The third kappa shape index (κ3) is 3.70. The highest BCUT2D eigenvalue weighted by molar-refractivity contribution is 5.78. The molecule has 0 aromatic heterocycles. The molecule has 0 heterocycles. The summed E-state index contributed by atoms with van der Waals surface area (Å²) < 4.78 is 5.27. The number of nitrogens with zero attached hydrogens (tertiary/aromatic N) is 1. The van der Waals surface area contributed by atoms with E-state index in [0.717, 1.165) is 6.42 Å². The number of nitro benzene ring substituents is 1. The van der Waals surface area contributed by atoms with Crippen LogP contribution >= 0.6 is 0 Å². The normalized spacial score (nSPS) is 9.89. The van der Waals surface area contributed by atoms with Crippen molar-refractivity contribution in [2.45, 2.75) is 19.8 Å². The van der Waals surface area contributed by atoms with Crippen molar-refractivity contribution in [3.8, 4) is 5.75 Å². The quantitative estimate of drug-likeness (QED) is 0.339. The Morgan fingerprint density at radius 2 is 2.28 bits per heavy atom. The molecule has 1 amide bonds. The zero-order chi connectivity index (χ0) is 13.5. The summed E-state index contributed by atoms with van der Waals surface area (Å²) in [5.41, 5.74) is 2.33. The smallest absolute Gasteiger partial charge is 0.311 e. The van der Waals surface area contributed by atoms with Crippen LogP contribution in [0.15, 0.2) is 18.2 Å². The van der Waals surface area contributed by atoms with E-state index in [9.17, 15) is 14.9 Å². The molecule has 1 rings (SSSR count). The number of benzene rings is 1. The number of nitro groups is 1. The number of hydrogen-bond acceptors (Lipinski definition) is 5. The van der Waals surface area contributed by atoms with Crippen molar-refractivity contribution in [3.63, 3.8) is 0 Å². The van der Waals surface area contributed by atoms with Crippen LogP contribution in [-0.4, -0.2) is 17.4 Å². The minimum absolute atomic E-state index is 0.00853. The molecule has 7 heteroatoms. The lowest BCUT2D eigenvalue weighted by Gasteiger charge is -2.07. The third-order valence-corrected chi connectivity index (χ3v) is 2.21. The summed E-state index contributed by atoms with van der Waals surface area (Å²) in [6, 6.07) is 4.42. The third-order valence-electron chi connectivity index (χ3n) is 2.21. The molecule has 0 bridgehead atoms. The van der Waals surface area contributed by atoms with E-state index in [1.165, 1.54) is 12.1 Å². The average molecular weight is 253 g/mol. The van der Waals surface area contributed by atoms with Gasteiger partial charge >= 0.3 is 5.69 Å². The summed E-state index contributed by atoms with van der Waals surface area (Å²) in [5.74, 6) is 4.75. The number of carbonyl (C=O) groups is 1. The van der Waals surface area contributed by atoms with E-state index in [1.54, 1.807) is 6.07 Å². The first kappa shape index (κ1) is 13.9. The van der Waals surface area contributed by atoms with Crippen molar-refractivity contribution in [3.05, 3.63) is 33.9 Å². The zero-order valence-electron chi connectivity index (χ0n) is 10.0. The van der Waals surface area contributed by atoms with Gasteiger partial charge in [0.05, 0.1) is 18.0 Å². The summed E-state index contributed by atoms with van der Waals surface area (Å²) in [6.07, 6.45) is 0.750. The van der Waals surface area contributed by atoms with Crippen molar-refractivity contribution in [2.75, 3.05) is 6.61 Å². The summed E-state index contributed by atoms with van der Waals surface area (Å²) in [7, 11) is 0. The highest BCUT2D eigenvalue weighted by atomic mass is 16.6. The van der Waals surface area contributed by atoms with E-state index in [2.05, 4.69) is 0 Å². The van der Waals surface area contributed by atoms with E-state index in [-0.39, 0.29) is 17.9 Å². The van der Waals surface area contributed by atoms with E-state index >= 15 is 0 Å². The van der Waals surface area contributed by atoms with Gasteiger partial charge in [0.2, 0.25) is 5.91 Å². The highest BCUT2D eigenvalue weighted by Crippen LogP contribution is 2.28. The second-order valence-corrected chi connectivity index (χ2v) is 3.65. The Hall–Kier alpha value is -2.15. The molecule has 0 atom stereocenters. The van der Waals surface area contributed by atoms with Crippen molar-refractivity contribution < 1.29 is 14.5 Å². The zero-order valence-corrected chi connectivity index (χ0v) is 10.0. The van der Waals surface area contributed by atoms with Gasteiger partial charge in [0.25, 0.3) is 0 Å². The van der Waals surface area contributed by atoms with E-state index < -0.39 is 10.8 Å². The average Bonchev–Trinajstić information content (AvgIpc) is 2.36. The first-order chi connectivity index (χ1) is 8.58. The minimum atomic E-state index is -0.533. The Bertz CT molecular complexity index is 448. The monoisotopic (exact) mass is 253 g/mol. The number of amides is 1. The minimum Gasteiger partial charge on any atom is -0.487 e. The van der Waals surface area contributed by atoms with Gasteiger partial charge in [-0.15, -0.1) is 0 Å². The van der Waals surface area contributed by atoms with Gasteiger partial charge in [-0.2, -0.15) is 0 Å². The number of carbonyl (C=O) groups excluding carboxylic acids is 1. The van der Waals surface area contributed by atoms with E-state index in [4.69, 9.17) is 10.6 Å². The van der Waals surface area contributed by atoms with Gasteiger partial charge < -0.3 is 4.74 Å². The molecule has 0 fully saturated rings. The maximum atomic E-state index is 11.1. The van der Waals surface area contributed by atoms with E-state index in [0.29, 0.717) is 12.2 Å². The second-order valence-electron chi connectivity index (χ2n) is 3.65. The van der Waals surface area contributed by atoms with Crippen molar-refractivity contribution in [1.82, 2.24) is 5.43 Å². The van der Waals surface area contributed by atoms with Crippen LogP contribution < -0.4 is 16.0 Å². The van der Waals surface area contributed by atoms with Crippen LogP contribution in [-0.2, 0) is 11.2 Å². The molecule has 18 heavy (non-hydrogen) atoms. The molecule has 0 aliphatic rings. The molecule has 0 aliphatic heterocycles. The van der Waals surface area contributed by atoms with Crippen LogP contribution in [0.25, 0.3) is 0 Å². The molecule has 0 saturated heterocycles. The van der Waals surface area contributed by atoms with Crippen LogP contribution in [0.1, 0.15) is 18.9 Å². The molecule has 0 spiro atoms. The molecule has 7 nitrogen and oxygen atoms in total. The van der Waals surface area contributed by atoms with Crippen LogP contribution in [0.4, 0.5) is 5.69 Å². The molecule has 0 saturated carbocycles. The Morgan fingerprint density at radius 1 is 1.56 bits per heavy atom. The van der Waals surface area contributed by atoms with Crippen LogP contribution in [0.5, 0.6) is 5.75 Å². The summed E-state index contributed by atoms with van der Waals surface area (Å²) in [5, 5.41) is 10.9. The van der Waals surface area contributed by atoms with Crippen molar-refractivity contribution >= 4 is 11.6 Å². The number of hydrazine groups is 1. The molecule has 0 radical (unpaired) electrons. The van der Waals surface area contributed by atoms with Crippen LogP contribution in [0.3, 0.4) is 0 Å². The molecule has 1 aromatic rings. The number of ether oxygens (including phenoxy) is 1. The lowest BCUT2D eigenvalue weighted by atomic mass is 10.1. The number of nitrogens with one attached hydrogen (secondary N) is 1. The summed E-state index contributed by atoms with van der Waals surface area (Å²) in [4.78, 5) is 21.4. The molecule has 0 aliphatic carbocycles. The van der Waals surface area contributed by atoms with Gasteiger partial charge in [-0.05, 0) is 18.1 Å². The van der Waals surface area contributed by atoms with Gasteiger partial charge in [-0.1, -0.05) is 13.0 Å². The van der Waals surface area contributed by atoms with Gasteiger partial charge in [-0.25, -0.2) is 5.84 Å².